The smallest absolute Gasteiger partial charge is 0.111 e. The van der Waals surface area contributed by atoms with E-state index in [9.17, 15) is 4.39 Å². The molecular weight excluding hydrogens is 175 g/mol. The number of unbranched alkanes of at least 4 members (excludes halogenated alkanes) is 1. The van der Waals surface area contributed by atoms with Gasteiger partial charge in [0.05, 0.1) is 0 Å². The van der Waals surface area contributed by atoms with E-state index >= 15 is 0 Å². The van der Waals surface area contributed by atoms with Gasteiger partial charge < -0.3 is 0 Å². The molecule has 0 radical (unpaired) electrons. The van der Waals surface area contributed by atoms with Crippen LogP contribution in [0.5, 0.6) is 0 Å². The molecule has 0 bridgehead atoms. The van der Waals surface area contributed by atoms with Crippen LogP contribution in [0.4, 0.5) is 4.39 Å². The molecule has 0 saturated heterocycles. The summed E-state index contributed by atoms with van der Waals surface area (Å²) in [6.45, 7) is 6.56. The van der Waals surface area contributed by atoms with Crippen LogP contribution in [0.1, 0.15) is 65.7 Å². The van der Waals surface area contributed by atoms with Crippen molar-refractivity contribution in [2.24, 2.45) is 11.8 Å². The van der Waals surface area contributed by atoms with E-state index in [1.165, 1.54) is 12.8 Å². The Morgan fingerprint density at radius 3 is 2.07 bits per heavy atom. The van der Waals surface area contributed by atoms with Crippen LogP contribution in [0.15, 0.2) is 0 Å². The van der Waals surface area contributed by atoms with E-state index in [0.717, 1.165) is 32.1 Å². The summed E-state index contributed by atoms with van der Waals surface area (Å²) >= 11 is 0. The molecule has 0 spiro atoms. The molecule has 2 unspecified atom stereocenters. The maximum absolute atomic E-state index is 14.5. The predicted octanol–water partition coefficient (Wildman–Crippen LogP) is 4.73. The highest BCUT2D eigenvalue weighted by Gasteiger charge is 2.35. The molecule has 0 nitrogen and oxygen atoms in total. The van der Waals surface area contributed by atoms with Gasteiger partial charge in [0.15, 0.2) is 0 Å². The van der Waals surface area contributed by atoms with Crippen molar-refractivity contribution >= 4 is 0 Å². The zero-order valence-electron chi connectivity index (χ0n) is 9.98. The molecule has 2 atom stereocenters. The summed E-state index contributed by atoms with van der Waals surface area (Å²) in [6.07, 6.45) is 7.01. The van der Waals surface area contributed by atoms with Crippen LogP contribution in [-0.2, 0) is 0 Å². The molecule has 0 aromatic carbocycles. The summed E-state index contributed by atoms with van der Waals surface area (Å²) in [5.74, 6) is 1.17. The van der Waals surface area contributed by atoms with Crippen molar-refractivity contribution in [2.45, 2.75) is 71.4 Å². The van der Waals surface area contributed by atoms with E-state index in [1.807, 2.05) is 0 Å². The third-order valence-corrected chi connectivity index (χ3v) is 3.56. The lowest BCUT2D eigenvalue weighted by atomic mass is 9.85. The molecule has 0 N–H and O–H groups in total. The van der Waals surface area contributed by atoms with Gasteiger partial charge in [0, 0.05) is 0 Å². The second-order valence-electron chi connectivity index (χ2n) is 5.45. The Morgan fingerprint density at radius 2 is 1.64 bits per heavy atom. The molecule has 14 heavy (non-hydrogen) atoms. The monoisotopic (exact) mass is 200 g/mol. The quantitative estimate of drug-likeness (QED) is 0.578. The van der Waals surface area contributed by atoms with E-state index in [0.29, 0.717) is 11.8 Å². The molecule has 1 rings (SSSR count). The Balaban J connectivity index is 2.53. The molecule has 0 heterocycles. The van der Waals surface area contributed by atoms with Gasteiger partial charge in [0.25, 0.3) is 0 Å². The van der Waals surface area contributed by atoms with Crippen LogP contribution in [0, 0.1) is 11.8 Å². The summed E-state index contributed by atoms with van der Waals surface area (Å²) in [7, 11) is 0. The molecular formula is C13H25F. The van der Waals surface area contributed by atoms with Crippen LogP contribution in [0.2, 0.25) is 0 Å². The SMILES string of the molecule is CCCCC1(F)CC(C)CCC(C)C1. The number of hydrogen-bond donors (Lipinski definition) is 0. The molecule has 1 aliphatic rings. The fourth-order valence-electron chi connectivity index (χ4n) is 2.80. The van der Waals surface area contributed by atoms with Gasteiger partial charge in [0.1, 0.15) is 5.67 Å². The Morgan fingerprint density at radius 1 is 1.14 bits per heavy atom. The zero-order chi connectivity index (χ0) is 10.6. The fourth-order valence-corrected chi connectivity index (χ4v) is 2.80. The van der Waals surface area contributed by atoms with Crippen LogP contribution >= 0.6 is 0 Å². The van der Waals surface area contributed by atoms with Gasteiger partial charge in [-0.2, -0.15) is 0 Å². The first-order chi connectivity index (χ1) is 6.56. The Labute approximate surface area is 88.3 Å². The molecule has 1 fully saturated rings. The van der Waals surface area contributed by atoms with Gasteiger partial charge in [-0.15, -0.1) is 0 Å². The van der Waals surface area contributed by atoms with E-state index in [-0.39, 0.29) is 0 Å². The molecule has 84 valence electrons. The summed E-state index contributed by atoms with van der Waals surface area (Å²) < 4.78 is 14.5. The Bertz CT molecular complexity index is 153. The first kappa shape index (κ1) is 12.0. The summed E-state index contributed by atoms with van der Waals surface area (Å²) in [6, 6.07) is 0. The van der Waals surface area contributed by atoms with Gasteiger partial charge in [-0.25, -0.2) is 4.39 Å². The average Bonchev–Trinajstić information content (AvgIpc) is 2.23. The number of hydrogen-bond acceptors (Lipinski definition) is 0. The van der Waals surface area contributed by atoms with Crippen LogP contribution in [0.25, 0.3) is 0 Å². The van der Waals surface area contributed by atoms with Gasteiger partial charge in [-0.1, -0.05) is 46.5 Å². The lowest BCUT2D eigenvalue weighted by Crippen LogP contribution is -2.25. The minimum Gasteiger partial charge on any atom is -0.244 e. The van der Waals surface area contributed by atoms with Crippen molar-refractivity contribution in [3.8, 4) is 0 Å². The van der Waals surface area contributed by atoms with Gasteiger partial charge in [0.2, 0.25) is 0 Å². The largest absolute Gasteiger partial charge is 0.244 e. The van der Waals surface area contributed by atoms with Crippen molar-refractivity contribution in [2.75, 3.05) is 0 Å². The zero-order valence-corrected chi connectivity index (χ0v) is 9.98. The van der Waals surface area contributed by atoms with Crippen LogP contribution in [-0.4, -0.2) is 5.67 Å². The van der Waals surface area contributed by atoms with Crippen molar-refractivity contribution < 1.29 is 4.39 Å². The van der Waals surface area contributed by atoms with Crippen molar-refractivity contribution in [1.82, 2.24) is 0 Å². The highest BCUT2D eigenvalue weighted by molar-refractivity contribution is 4.86. The normalized spacial score (nSPS) is 39.4. The predicted molar refractivity (Wildman–Crippen MR) is 60.2 cm³/mol. The number of rotatable bonds is 3. The Hall–Kier alpha value is -0.0700. The van der Waals surface area contributed by atoms with Crippen molar-refractivity contribution in [1.29, 1.82) is 0 Å². The van der Waals surface area contributed by atoms with E-state index in [2.05, 4.69) is 20.8 Å². The molecule has 0 aromatic heterocycles. The van der Waals surface area contributed by atoms with Crippen molar-refractivity contribution in [3.05, 3.63) is 0 Å². The minimum atomic E-state index is -0.842. The lowest BCUT2D eigenvalue weighted by Gasteiger charge is -2.27. The molecule has 0 amide bonds. The van der Waals surface area contributed by atoms with E-state index in [1.54, 1.807) is 0 Å². The second kappa shape index (κ2) is 5.14. The molecule has 0 aromatic rings. The molecule has 1 saturated carbocycles. The van der Waals surface area contributed by atoms with Crippen LogP contribution in [0.3, 0.4) is 0 Å². The minimum absolute atomic E-state index is 0.585. The lowest BCUT2D eigenvalue weighted by molar-refractivity contribution is 0.0975. The van der Waals surface area contributed by atoms with Crippen LogP contribution < -0.4 is 0 Å². The first-order valence-electron chi connectivity index (χ1n) is 6.24. The summed E-state index contributed by atoms with van der Waals surface area (Å²) in [5, 5.41) is 0. The summed E-state index contributed by atoms with van der Waals surface area (Å²) in [5.41, 5.74) is -0.842. The highest BCUT2D eigenvalue weighted by atomic mass is 19.1. The fraction of sp³-hybridized carbons (Fsp3) is 1.00. The molecule has 1 aliphatic carbocycles. The summed E-state index contributed by atoms with van der Waals surface area (Å²) in [4.78, 5) is 0. The maximum atomic E-state index is 14.5. The number of alkyl halides is 1. The number of halogens is 1. The average molecular weight is 200 g/mol. The maximum Gasteiger partial charge on any atom is 0.111 e. The third-order valence-electron chi connectivity index (χ3n) is 3.56. The van der Waals surface area contributed by atoms with Crippen molar-refractivity contribution in [3.63, 3.8) is 0 Å². The third kappa shape index (κ3) is 3.59. The highest BCUT2D eigenvalue weighted by Crippen LogP contribution is 2.39. The van der Waals surface area contributed by atoms with E-state index in [4.69, 9.17) is 0 Å². The van der Waals surface area contributed by atoms with Gasteiger partial charge in [-0.3, -0.25) is 0 Å². The van der Waals surface area contributed by atoms with Gasteiger partial charge in [-0.05, 0) is 31.1 Å². The first-order valence-corrected chi connectivity index (χ1v) is 6.24. The topological polar surface area (TPSA) is 0 Å². The van der Waals surface area contributed by atoms with Gasteiger partial charge >= 0.3 is 0 Å². The van der Waals surface area contributed by atoms with E-state index < -0.39 is 5.67 Å². The standard InChI is InChI=1S/C13H25F/c1-4-5-8-13(14)9-11(2)6-7-12(3)10-13/h11-12H,4-10H2,1-3H3. The Kier molecular flexibility index (Phi) is 4.40. The molecule has 0 aliphatic heterocycles. The second-order valence-corrected chi connectivity index (χ2v) is 5.45. The molecule has 1 heteroatoms.